The maximum atomic E-state index is 13.8. The third-order valence-corrected chi connectivity index (χ3v) is 6.21. The van der Waals surface area contributed by atoms with Gasteiger partial charge in [0.1, 0.15) is 0 Å². The smallest absolute Gasteiger partial charge is 0.260 e. The Kier molecular flexibility index (Phi) is 4.13. The topological polar surface area (TPSA) is 33.2 Å². The van der Waals surface area contributed by atoms with Crippen LogP contribution in [-0.2, 0) is 6.42 Å². The molecule has 0 N–H and O–H groups in total. The monoisotopic (exact) mass is 380 g/mol. The van der Waals surface area contributed by atoms with Crippen LogP contribution in [0.5, 0.6) is 0 Å². The molecule has 1 aromatic heterocycles. The second-order valence-electron chi connectivity index (χ2n) is 8.54. The van der Waals surface area contributed by atoms with Crippen molar-refractivity contribution in [2.24, 2.45) is 5.92 Å². The van der Waals surface area contributed by atoms with E-state index in [0.717, 1.165) is 29.4 Å². The van der Waals surface area contributed by atoms with E-state index >= 15 is 0 Å². The van der Waals surface area contributed by atoms with Gasteiger partial charge < -0.3 is 4.90 Å². The summed E-state index contributed by atoms with van der Waals surface area (Å²) in [7, 11) is 0. The van der Waals surface area contributed by atoms with Crippen LogP contribution in [0.1, 0.15) is 36.2 Å². The zero-order valence-electron chi connectivity index (χ0n) is 16.8. The molecule has 2 bridgehead atoms. The van der Waals surface area contributed by atoms with Gasteiger partial charge in [0.2, 0.25) is 0 Å². The molecule has 0 fully saturated rings. The minimum Gasteiger partial charge on any atom is -0.302 e. The maximum absolute atomic E-state index is 13.8. The van der Waals surface area contributed by atoms with Crippen LogP contribution in [0.15, 0.2) is 90.3 Å². The van der Waals surface area contributed by atoms with Gasteiger partial charge in [-0.1, -0.05) is 55.5 Å². The van der Waals surface area contributed by atoms with Gasteiger partial charge in [-0.05, 0) is 61.1 Å². The van der Waals surface area contributed by atoms with Crippen molar-refractivity contribution in [3.8, 4) is 0 Å². The van der Waals surface area contributed by atoms with Gasteiger partial charge in [0.05, 0.1) is 11.1 Å². The average molecular weight is 380 g/mol. The van der Waals surface area contributed by atoms with E-state index in [2.05, 4.69) is 55.2 Å². The van der Waals surface area contributed by atoms with Gasteiger partial charge in [0, 0.05) is 22.8 Å². The number of hydrogen-bond acceptors (Lipinski definition) is 2. The second-order valence-corrected chi connectivity index (χ2v) is 8.54. The summed E-state index contributed by atoms with van der Waals surface area (Å²) in [6.07, 6.45) is 7.82. The molecule has 2 atom stereocenters. The molecule has 0 spiro atoms. The number of allylic oxidation sites excluding steroid dienone is 3. The fraction of sp³-hybridized carbons (Fsp3) is 0.231. The van der Waals surface area contributed by atoms with Crippen molar-refractivity contribution in [1.29, 1.82) is 0 Å². The van der Waals surface area contributed by atoms with Crippen LogP contribution >= 0.6 is 0 Å². The fourth-order valence-electron chi connectivity index (χ4n) is 4.79. The summed E-state index contributed by atoms with van der Waals surface area (Å²) in [5.41, 5.74) is 4.85. The molecule has 2 unspecified atom stereocenters. The molecule has 3 aromatic rings. The molecular formula is C26H24N2O. The molecule has 0 radical (unpaired) electrons. The number of carbonyl (C=O) groups is 1. The molecule has 1 amide bonds. The van der Waals surface area contributed by atoms with E-state index in [1.807, 2.05) is 41.3 Å². The van der Waals surface area contributed by atoms with Crippen molar-refractivity contribution in [2.75, 3.05) is 0 Å². The number of hydrogen-bond donors (Lipinski definition) is 0. The number of amides is 1. The highest BCUT2D eigenvalue weighted by atomic mass is 16.2. The minimum atomic E-state index is -0.302. The number of rotatable bonds is 3. The summed E-state index contributed by atoms with van der Waals surface area (Å²) in [6.45, 7) is 4.48. The summed E-state index contributed by atoms with van der Waals surface area (Å²) >= 11 is 0. The van der Waals surface area contributed by atoms with E-state index in [4.69, 9.17) is 0 Å². The number of para-hydroxylation sites is 1. The Hall–Kier alpha value is -3.20. The van der Waals surface area contributed by atoms with Crippen LogP contribution in [0.25, 0.3) is 10.9 Å². The normalized spacial score (nSPS) is 23.1. The molecule has 1 aliphatic carbocycles. The SMILES string of the molecule is CC1CC(C)(Cc2ccccc2)N(C(=O)c2cnc3ccccc3c2)C2=CC1=C2. The molecule has 0 saturated carbocycles. The Morgan fingerprint density at radius 1 is 1.10 bits per heavy atom. The zero-order valence-corrected chi connectivity index (χ0v) is 16.8. The molecule has 3 heteroatoms. The molecule has 144 valence electrons. The quantitative estimate of drug-likeness (QED) is 0.597. The van der Waals surface area contributed by atoms with Crippen molar-refractivity contribution in [3.63, 3.8) is 0 Å². The summed E-state index contributed by atoms with van der Waals surface area (Å²) in [6, 6.07) is 20.4. The van der Waals surface area contributed by atoms with E-state index < -0.39 is 0 Å². The first kappa shape index (κ1) is 17.9. The average Bonchev–Trinajstić information content (AvgIpc) is 2.87. The Morgan fingerprint density at radius 3 is 2.62 bits per heavy atom. The van der Waals surface area contributed by atoms with Crippen molar-refractivity contribution >= 4 is 16.8 Å². The number of benzene rings is 2. The molecule has 0 saturated heterocycles. The van der Waals surface area contributed by atoms with Crippen molar-refractivity contribution in [3.05, 3.63) is 101 Å². The lowest BCUT2D eigenvalue weighted by Crippen LogP contribution is -2.50. The molecule has 2 aliphatic heterocycles. The maximum Gasteiger partial charge on any atom is 0.260 e. The van der Waals surface area contributed by atoms with Gasteiger partial charge in [-0.2, -0.15) is 0 Å². The summed E-state index contributed by atoms with van der Waals surface area (Å²) < 4.78 is 0. The number of pyridine rings is 1. The lowest BCUT2D eigenvalue weighted by Gasteiger charge is -2.41. The van der Waals surface area contributed by atoms with Gasteiger partial charge in [-0.25, -0.2) is 0 Å². The van der Waals surface area contributed by atoms with Crippen molar-refractivity contribution in [2.45, 2.75) is 32.2 Å². The van der Waals surface area contributed by atoms with Gasteiger partial charge in [0.15, 0.2) is 0 Å². The molecule has 29 heavy (non-hydrogen) atoms. The van der Waals surface area contributed by atoms with Gasteiger partial charge in [-0.3, -0.25) is 9.78 Å². The standard InChI is InChI=1S/C26H24N2O/c1-18-15-26(2,16-19-8-4-3-5-9-19)28(23-13-21(18)14-23)25(29)22-12-20-10-6-7-11-24(20)27-17-22/h3-14,17-18H,15-16H2,1-2H3. The van der Waals surface area contributed by atoms with Crippen LogP contribution < -0.4 is 0 Å². The predicted octanol–water partition coefficient (Wildman–Crippen LogP) is 5.54. The summed E-state index contributed by atoms with van der Waals surface area (Å²) in [4.78, 5) is 20.3. The van der Waals surface area contributed by atoms with Gasteiger partial charge >= 0.3 is 0 Å². The van der Waals surface area contributed by atoms with Crippen LogP contribution in [0.3, 0.4) is 0 Å². The van der Waals surface area contributed by atoms with Crippen LogP contribution in [-0.4, -0.2) is 21.3 Å². The first-order chi connectivity index (χ1) is 14.0. The highest BCUT2D eigenvalue weighted by Crippen LogP contribution is 2.44. The highest BCUT2D eigenvalue weighted by molar-refractivity contribution is 5.99. The predicted molar refractivity (Wildman–Crippen MR) is 116 cm³/mol. The van der Waals surface area contributed by atoms with Crippen LogP contribution in [0.4, 0.5) is 0 Å². The van der Waals surface area contributed by atoms with E-state index in [9.17, 15) is 4.79 Å². The minimum absolute atomic E-state index is 0.0253. The molecule has 3 nitrogen and oxygen atoms in total. The first-order valence-electron chi connectivity index (χ1n) is 10.2. The lowest BCUT2D eigenvalue weighted by atomic mass is 9.82. The lowest BCUT2D eigenvalue weighted by molar-refractivity contribution is 0.0607. The van der Waals surface area contributed by atoms with Gasteiger partial charge in [-0.15, -0.1) is 0 Å². The Balaban J connectivity index is 1.56. The first-order valence-corrected chi connectivity index (χ1v) is 10.2. The van der Waals surface area contributed by atoms with Crippen LogP contribution in [0, 0.1) is 5.92 Å². The molecule has 2 aromatic carbocycles. The van der Waals surface area contributed by atoms with Gasteiger partial charge in [0.25, 0.3) is 5.91 Å². The third-order valence-electron chi connectivity index (χ3n) is 6.21. The Morgan fingerprint density at radius 2 is 1.83 bits per heavy atom. The fourth-order valence-corrected chi connectivity index (χ4v) is 4.79. The number of nitrogens with zero attached hydrogens (tertiary/aromatic N) is 2. The largest absolute Gasteiger partial charge is 0.302 e. The zero-order chi connectivity index (χ0) is 20.0. The van der Waals surface area contributed by atoms with E-state index in [1.54, 1.807) is 6.20 Å². The highest BCUT2D eigenvalue weighted by Gasteiger charge is 2.44. The Bertz CT molecular complexity index is 1160. The van der Waals surface area contributed by atoms with Crippen molar-refractivity contribution in [1.82, 2.24) is 9.88 Å². The molecule has 6 rings (SSSR count). The third kappa shape index (κ3) is 3.07. The van der Waals surface area contributed by atoms with Crippen molar-refractivity contribution < 1.29 is 4.79 Å². The van der Waals surface area contributed by atoms with Crippen LogP contribution in [0.2, 0.25) is 0 Å². The number of carbonyl (C=O) groups excluding carboxylic acids is 1. The number of aromatic nitrogens is 1. The van der Waals surface area contributed by atoms with E-state index in [-0.39, 0.29) is 11.4 Å². The summed E-state index contributed by atoms with van der Waals surface area (Å²) in [5, 5.41) is 0.991. The molecular weight excluding hydrogens is 356 g/mol. The summed E-state index contributed by atoms with van der Waals surface area (Å²) in [5.74, 6) is 0.456. The second kappa shape index (κ2) is 6.70. The molecule has 3 aliphatic rings. The molecule has 3 heterocycles. The van der Waals surface area contributed by atoms with E-state index in [0.29, 0.717) is 11.5 Å². The number of fused-ring (bicyclic) bond motifs is 4. The Labute approximate surface area is 171 Å². The van der Waals surface area contributed by atoms with E-state index in [1.165, 1.54) is 11.1 Å².